The van der Waals surface area contributed by atoms with Gasteiger partial charge in [0.15, 0.2) is 11.5 Å². The Morgan fingerprint density at radius 1 is 1.36 bits per heavy atom. The molecular formula is C18H24N2O5. The van der Waals surface area contributed by atoms with Crippen molar-refractivity contribution in [3.8, 4) is 11.5 Å². The second-order valence-electron chi connectivity index (χ2n) is 6.37. The average Bonchev–Trinajstić information content (AvgIpc) is 3.00. The molecule has 0 radical (unpaired) electrons. The molecule has 0 aromatic heterocycles. The monoisotopic (exact) mass is 348 g/mol. The van der Waals surface area contributed by atoms with Crippen LogP contribution in [0.2, 0.25) is 0 Å². The number of methoxy groups -OCH3 is 1. The third-order valence-corrected chi connectivity index (χ3v) is 4.58. The molecule has 2 amide bonds. The average molecular weight is 348 g/mol. The summed E-state index contributed by atoms with van der Waals surface area (Å²) >= 11 is 0. The molecule has 136 valence electrons. The number of benzene rings is 1. The Hall–Kier alpha value is -2.28. The fourth-order valence-electron chi connectivity index (χ4n) is 3.11. The molecule has 1 saturated heterocycles. The Bertz CT molecular complexity index is 648. The Labute approximate surface area is 147 Å². The molecule has 3 rings (SSSR count). The summed E-state index contributed by atoms with van der Waals surface area (Å²) in [6.45, 7) is 4.45. The van der Waals surface area contributed by atoms with Crippen LogP contribution in [0.5, 0.6) is 11.5 Å². The van der Waals surface area contributed by atoms with Gasteiger partial charge >= 0.3 is 0 Å². The van der Waals surface area contributed by atoms with E-state index in [-0.39, 0.29) is 30.2 Å². The predicted molar refractivity (Wildman–Crippen MR) is 90.6 cm³/mol. The number of rotatable bonds is 6. The van der Waals surface area contributed by atoms with E-state index in [1.54, 1.807) is 12.0 Å². The highest BCUT2D eigenvalue weighted by Crippen LogP contribution is 2.32. The van der Waals surface area contributed by atoms with Gasteiger partial charge in [-0.3, -0.25) is 9.59 Å². The molecule has 0 bridgehead atoms. The summed E-state index contributed by atoms with van der Waals surface area (Å²) in [5, 5.41) is 3.00. The van der Waals surface area contributed by atoms with Gasteiger partial charge < -0.3 is 24.4 Å². The van der Waals surface area contributed by atoms with Gasteiger partial charge in [-0.2, -0.15) is 0 Å². The molecule has 2 aliphatic rings. The minimum atomic E-state index is -0.316. The summed E-state index contributed by atoms with van der Waals surface area (Å²) in [5.74, 6) is 1.01. The lowest BCUT2D eigenvalue weighted by Gasteiger charge is -2.22. The number of nitrogens with one attached hydrogen (secondary N) is 1. The summed E-state index contributed by atoms with van der Waals surface area (Å²) < 4.78 is 16.1. The van der Waals surface area contributed by atoms with Gasteiger partial charge in [0, 0.05) is 26.6 Å². The lowest BCUT2D eigenvalue weighted by atomic mass is 10.0. The molecule has 1 aromatic carbocycles. The minimum Gasteiger partial charge on any atom is -0.486 e. The quantitative estimate of drug-likeness (QED) is 0.834. The van der Waals surface area contributed by atoms with Gasteiger partial charge in [0.1, 0.15) is 13.2 Å². The molecule has 2 atom stereocenters. The molecule has 0 aliphatic carbocycles. The van der Waals surface area contributed by atoms with Gasteiger partial charge in [-0.15, -0.1) is 0 Å². The van der Waals surface area contributed by atoms with Gasteiger partial charge in [-0.25, -0.2) is 0 Å². The van der Waals surface area contributed by atoms with Crippen molar-refractivity contribution in [2.24, 2.45) is 5.92 Å². The number of ether oxygens (including phenoxy) is 3. The van der Waals surface area contributed by atoms with Crippen LogP contribution in [0.3, 0.4) is 0 Å². The first-order valence-corrected chi connectivity index (χ1v) is 8.55. The van der Waals surface area contributed by atoms with Gasteiger partial charge in [-0.05, 0) is 24.6 Å². The van der Waals surface area contributed by atoms with E-state index >= 15 is 0 Å². The van der Waals surface area contributed by atoms with Crippen LogP contribution < -0.4 is 14.8 Å². The maximum absolute atomic E-state index is 12.5. The molecule has 7 nitrogen and oxygen atoms in total. The summed E-state index contributed by atoms with van der Waals surface area (Å²) in [5.41, 5.74) is 0.943. The SMILES string of the molecule is COCCN1CC(C(=O)NC(C)c2ccc3c(c2)OCCO3)CC1=O. The first-order chi connectivity index (χ1) is 12.1. The van der Waals surface area contributed by atoms with E-state index in [9.17, 15) is 9.59 Å². The Morgan fingerprint density at radius 2 is 2.12 bits per heavy atom. The molecule has 2 heterocycles. The van der Waals surface area contributed by atoms with E-state index in [1.807, 2.05) is 25.1 Å². The van der Waals surface area contributed by atoms with E-state index in [0.717, 1.165) is 11.3 Å². The number of carbonyl (C=O) groups excluding carboxylic acids is 2. The van der Waals surface area contributed by atoms with Crippen molar-refractivity contribution >= 4 is 11.8 Å². The standard InChI is InChI=1S/C18H24N2O5/c1-12(13-3-4-15-16(9-13)25-8-7-24-15)19-18(22)14-10-17(21)20(11-14)5-6-23-2/h3-4,9,12,14H,5-8,10-11H2,1-2H3,(H,19,22). The van der Waals surface area contributed by atoms with Crippen molar-refractivity contribution in [2.75, 3.05) is 40.0 Å². The first-order valence-electron chi connectivity index (χ1n) is 8.55. The maximum Gasteiger partial charge on any atom is 0.225 e. The van der Waals surface area contributed by atoms with Crippen LogP contribution in [0.15, 0.2) is 18.2 Å². The predicted octanol–water partition coefficient (Wildman–Crippen LogP) is 1.13. The fraction of sp³-hybridized carbons (Fsp3) is 0.556. The van der Waals surface area contributed by atoms with Crippen molar-refractivity contribution in [1.29, 1.82) is 0 Å². The lowest BCUT2D eigenvalue weighted by molar-refractivity contribution is -0.129. The smallest absolute Gasteiger partial charge is 0.225 e. The highest BCUT2D eigenvalue weighted by molar-refractivity contribution is 5.89. The number of hydrogen-bond acceptors (Lipinski definition) is 5. The number of likely N-dealkylation sites (tertiary alicyclic amines) is 1. The number of amides is 2. The third kappa shape index (κ3) is 4.04. The fourth-order valence-corrected chi connectivity index (χ4v) is 3.11. The zero-order valence-corrected chi connectivity index (χ0v) is 14.6. The van der Waals surface area contributed by atoms with Crippen LogP contribution in [0.1, 0.15) is 24.9 Å². The van der Waals surface area contributed by atoms with Crippen molar-refractivity contribution in [3.63, 3.8) is 0 Å². The molecule has 7 heteroatoms. The van der Waals surface area contributed by atoms with E-state index in [2.05, 4.69) is 5.32 Å². The summed E-state index contributed by atoms with van der Waals surface area (Å²) in [6.07, 6.45) is 0.253. The zero-order chi connectivity index (χ0) is 17.8. The molecule has 2 unspecified atom stereocenters. The maximum atomic E-state index is 12.5. The van der Waals surface area contributed by atoms with Crippen LogP contribution >= 0.6 is 0 Å². The van der Waals surface area contributed by atoms with Crippen LogP contribution in [0.25, 0.3) is 0 Å². The Kier molecular flexibility index (Phi) is 5.43. The molecule has 1 aromatic rings. The normalized spacial score (nSPS) is 20.5. The van der Waals surface area contributed by atoms with Crippen LogP contribution in [0.4, 0.5) is 0 Å². The summed E-state index contributed by atoms with van der Waals surface area (Å²) in [6, 6.07) is 5.50. The largest absolute Gasteiger partial charge is 0.486 e. The van der Waals surface area contributed by atoms with E-state index in [4.69, 9.17) is 14.2 Å². The summed E-state index contributed by atoms with van der Waals surface area (Å²) in [4.78, 5) is 26.2. The molecule has 0 saturated carbocycles. The number of hydrogen-bond donors (Lipinski definition) is 1. The van der Waals surface area contributed by atoms with Crippen molar-refractivity contribution in [3.05, 3.63) is 23.8 Å². The second kappa shape index (κ2) is 7.74. The van der Waals surface area contributed by atoms with Crippen molar-refractivity contribution < 1.29 is 23.8 Å². The molecule has 0 spiro atoms. The molecule has 1 fully saturated rings. The summed E-state index contributed by atoms with van der Waals surface area (Å²) in [7, 11) is 1.60. The van der Waals surface area contributed by atoms with Crippen LogP contribution in [0, 0.1) is 5.92 Å². The lowest BCUT2D eigenvalue weighted by Crippen LogP contribution is -2.35. The number of nitrogens with zero attached hydrogens (tertiary/aromatic N) is 1. The van der Waals surface area contributed by atoms with Gasteiger partial charge in [0.25, 0.3) is 0 Å². The van der Waals surface area contributed by atoms with Crippen LogP contribution in [-0.4, -0.2) is 56.7 Å². The van der Waals surface area contributed by atoms with Gasteiger partial charge in [-0.1, -0.05) is 6.07 Å². The Balaban J connectivity index is 1.58. The van der Waals surface area contributed by atoms with Gasteiger partial charge in [0.05, 0.1) is 18.6 Å². The highest BCUT2D eigenvalue weighted by Gasteiger charge is 2.34. The third-order valence-electron chi connectivity index (χ3n) is 4.58. The Morgan fingerprint density at radius 3 is 2.88 bits per heavy atom. The van der Waals surface area contributed by atoms with Crippen LogP contribution in [-0.2, 0) is 14.3 Å². The number of carbonyl (C=O) groups is 2. The van der Waals surface area contributed by atoms with Crippen molar-refractivity contribution in [2.45, 2.75) is 19.4 Å². The first kappa shape index (κ1) is 17.5. The topological polar surface area (TPSA) is 77.1 Å². The molecule has 1 N–H and O–H groups in total. The molecule has 2 aliphatic heterocycles. The molecule has 25 heavy (non-hydrogen) atoms. The van der Waals surface area contributed by atoms with Crippen molar-refractivity contribution in [1.82, 2.24) is 10.2 Å². The van der Waals surface area contributed by atoms with E-state index in [0.29, 0.717) is 38.7 Å². The number of fused-ring (bicyclic) bond motifs is 1. The van der Waals surface area contributed by atoms with E-state index in [1.165, 1.54) is 0 Å². The van der Waals surface area contributed by atoms with E-state index < -0.39 is 0 Å². The van der Waals surface area contributed by atoms with Gasteiger partial charge in [0.2, 0.25) is 11.8 Å². The second-order valence-corrected chi connectivity index (χ2v) is 6.37. The minimum absolute atomic E-state index is 0.00387. The molecular weight excluding hydrogens is 324 g/mol. The highest BCUT2D eigenvalue weighted by atomic mass is 16.6. The zero-order valence-electron chi connectivity index (χ0n) is 14.6.